The van der Waals surface area contributed by atoms with E-state index in [0.717, 1.165) is 17.8 Å². The summed E-state index contributed by atoms with van der Waals surface area (Å²) in [5.41, 5.74) is 9.27. The van der Waals surface area contributed by atoms with Crippen molar-refractivity contribution < 1.29 is 23.1 Å². The van der Waals surface area contributed by atoms with Crippen LogP contribution in [0.25, 0.3) is 22.4 Å². The van der Waals surface area contributed by atoms with Crippen LogP contribution in [-0.2, 0) is 11.3 Å². The Bertz CT molecular complexity index is 1210. The molecule has 3 aromatic rings. The fourth-order valence-electron chi connectivity index (χ4n) is 4.35. The summed E-state index contributed by atoms with van der Waals surface area (Å²) in [7, 11) is 0. The highest BCUT2D eigenvalue weighted by atomic mass is 19.4. The van der Waals surface area contributed by atoms with Crippen LogP contribution in [0.2, 0.25) is 0 Å². The van der Waals surface area contributed by atoms with Crippen molar-refractivity contribution in [3.8, 4) is 22.4 Å². The molecule has 0 amide bonds. The van der Waals surface area contributed by atoms with Crippen molar-refractivity contribution in [2.75, 3.05) is 0 Å². The number of carboxylic acids is 1. The van der Waals surface area contributed by atoms with Gasteiger partial charge in [0.05, 0.1) is 5.69 Å². The predicted octanol–water partition coefficient (Wildman–Crippen LogP) is 6.28. The molecule has 2 aromatic carbocycles. The number of hydrogen-bond acceptors (Lipinski definition) is 3. The van der Waals surface area contributed by atoms with E-state index in [1.807, 2.05) is 6.07 Å². The lowest BCUT2D eigenvalue weighted by atomic mass is 10.0. The summed E-state index contributed by atoms with van der Waals surface area (Å²) in [4.78, 5) is 8.90. The molecule has 1 atom stereocenters. The van der Waals surface area contributed by atoms with Gasteiger partial charge in [-0.25, -0.2) is 4.79 Å². The van der Waals surface area contributed by atoms with Crippen LogP contribution in [0.4, 0.5) is 13.2 Å². The molecule has 0 saturated carbocycles. The van der Waals surface area contributed by atoms with Crippen molar-refractivity contribution in [3.63, 3.8) is 0 Å². The monoisotopic (exact) mass is 481 g/mol. The van der Waals surface area contributed by atoms with Gasteiger partial charge in [0.1, 0.15) is 0 Å². The molecule has 1 aromatic heterocycles. The second-order valence-corrected chi connectivity index (χ2v) is 8.61. The molecule has 8 heteroatoms. The average Bonchev–Trinajstić information content (AvgIpc) is 3.53. The Morgan fingerprint density at radius 2 is 1.80 bits per heavy atom. The van der Waals surface area contributed by atoms with Gasteiger partial charge in [0, 0.05) is 24.3 Å². The first-order chi connectivity index (χ1) is 16.8. The lowest BCUT2D eigenvalue weighted by Crippen LogP contribution is -2.26. The number of allylic oxidation sites excluding steroid dienone is 2. The normalized spacial score (nSPS) is 17.1. The van der Waals surface area contributed by atoms with E-state index in [1.165, 1.54) is 42.4 Å². The third-order valence-corrected chi connectivity index (χ3v) is 6.14. The van der Waals surface area contributed by atoms with Gasteiger partial charge in [-0.2, -0.15) is 18.3 Å². The zero-order valence-electron chi connectivity index (χ0n) is 19.0. The van der Waals surface area contributed by atoms with Crippen molar-refractivity contribution >= 4 is 5.97 Å². The molecule has 0 spiro atoms. The summed E-state index contributed by atoms with van der Waals surface area (Å²) in [6.07, 6.45) is 6.25. The van der Waals surface area contributed by atoms with Crippen LogP contribution in [0.3, 0.4) is 0 Å². The van der Waals surface area contributed by atoms with E-state index in [9.17, 15) is 13.2 Å². The zero-order valence-corrected chi connectivity index (χ0v) is 19.0. The Hall–Kier alpha value is -3.65. The van der Waals surface area contributed by atoms with Crippen LogP contribution in [0.15, 0.2) is 84.1 Å². The molecule has 2 aliphatic carbocycles. The van der Waals surface area contributed by atoms with Crippen molar-refractivity contribution in [2.45, 2.75) is 44.4 Å². The van der Waals surface area contributed by atoms with Crippen molar-refractivity contribution in [2.24, 2.45) is 0 Å². The van der Waals surface area contributed by atoms with Gasteiger partial charge in [-0.05, 0) is 60.1 Å². The fourth-order valence-corrected chi connectivity index (χ4v) is 4.35. The van der Waals surface area contributed by atoms with Gasteiger partial charge in [-0.15, -0.1) is 0 Å². The van der Waals surface area contributed by atoms with Crippen molar-refractivity contribution in [3.05, 3.63) is 89.7 Å². The zero-order chi connectivity index (χ0) is 24.8. The molecular weight excluding hydrogens is 455 g/mol. The van der Waals surface area contributed by atoms with E-state index in [-0.39, 0.29) is 0 Å². The van der Waals surface area contributed by atoms with Gasteiger partial charge < -0.3 is 10.4 Å². The maximum absolute atomic E-state index is 10.6. The van der Waals surface area contributed by atoms with Crippen LogP contribution in [0, 0.1) is 0 Å². The van der Waals surface area contributed by atoms with E-state index in [1.54, 1.807) is 17.3 Å². The molecular formula is C27H26F3N3O2. The lowest BCUT2D eigenvalue weighted by Gasteiger charge is -2.13. The van der Waals surface area contributed by atoms with Gasteiger partial charge in [-0.1, -0.05) is 60.2 Å². The maximum Gasteiger partial charge on any atom is 0.490 e. The highest BCUT2D eigenvalue weighted by Gasteiger charge is 2.38. The Balaban J connectivity index is 0.000000364. The summed E-state index contributed by atoms with van der Waals surface area (Å²) in [5.74, 6) is -2.76. The van der Waals surface area contributed by atoms with Gasteiger partial charge in [0.2, 0.25) is 0 Å². The van der Waals surface area contributed by atoms with E-state index in [0.29, 0.717) is 6.04 Å². The predicted molar refractivity (Wildman–Crippen MR) is 128 cm³/mol. The number of H-pyrrole nitrogens is 1. The minimum absolute atomic E-state index is 0.596. The molecule has 1 unspecified atom stereocenters. The Labute approximate surface area is 201 Å². The van der Waals surface area contributed by atoms with Crippen LogP contribution in [0.5, 0.6) is 0 Å². The smallest absolute Gasteiger partial charge is 0.475 e. The number of aromatic amines is 1. The van der Waals surface area contributed by atoms with Crippen LogP contribution < -0.4 is 5.32 Å². The first kappa shape index (κ1) is 24.5. The van der Waals surface area contributed by atoms with E-state index < -0.39 is 12.1 Å². The summed E-state index contributed by atoms with van der Waals surface area (Å²) in [6, 6.07) is 20.1. The molecule has 35 heavy (non-hydrogen) atoms. The first-order valence-electron chi connectivity index (χ1n) is 11.4. The number of hydrogen-bond donors (Lipinski definition) is 3. The Morgan fingerprint density at radius 3 is 2.46 bits per heavy atom. The molecule has 0 bridgehead atoms. The molecule has 0 fully saturated rings. The standard InChI is InChI=1S/C25H25N3.C2HF3O2/c1-2-5-22-16-24(15-21(22)4-1)26-17-18-8-10-19(11-9-18)20-6-3-7-23(14-20)25-12-13-27-28-25;3-2(4,5)1(6)7/h1,3-4,6-14,24,26H,2,5,15-17H2,(H,27,28);(H,6,7). The molecule has 5 nitrogen and oxygen atoms in total. The Kier molecular flexibility index (Phi) is 7.51. The molecule has 1 heterocycles. The summed E-state index contributed by atoms with van der Waals surface area (Å²) in [6.45, 7) is 0.934. The van der Waals surface area contributed by atoms with Gasteiger partial charge in [-0.3, -0.25) is 5.10 Å². The van der Waals surface area contributed by atoms with Crippen molar-refractivity contribution in [1.82, 2.24) is 15.5 Å². The number of nitrogens with one attached hydrogen (secondary N) is 2. The number of alkyl halides is 3. The minimum atomic E-state index is -5.08. The number of nitrogens with zero attached hydrogens (tertiary/aromatic N) is 1. The SMILES string of the molecule is C1=CC2=C(CC1)CC(NCc1ccc(-c3cccc(-c4ccn[nH]4)c3)cc1)C2.O=C(O)C(F)(F)F. The number of halogens is 3. The summed E-state index contributed by atoms with van der Waals surface area (Å²) < 4.78 is 31.7. The van der Waals surface area contributed by atoms with Gasteiger partial charge >= 0.3 is 12.1 Å². The van der Waals surface area contributed by atoms with Crippen LogP contribution in [-0.4, -0.2) is 33.5 Å². The largest absolute Gasteiger partial charge is 0.490 e. The highest BCUT2D eigenvalue weighted by Crippen LogP contribution is 2.33. The molecule has 5 rings (SSSR count). The van der Waals surface area contributed by atoms with Gasteiger partial charge in [0.25, 0.3) is 0 Å². The number of carboxylic acid groups (broad SMARTS) is 1. The van der Waals surface area contributed by atoms with Gasteiger partial charge in [0.15, 0.2) is 0 Å². The van der Waals surface area contributed by atoms with Crippen LogP contribution >= 0.6 is 0 Å². The second kappa shape index (κ2) is 10.7. The summed E-state index contributed by atoms with van der Waals surface area (Å²) in [5, 5.41) is 18.0. The number of aliphatic carboxylic acids is 1. The summed E-state index contributed by atoms with van der Waals surface area (Å²) >= 11 is 0. The molecule has 0 radical (unpaired) electrons. The van der Waals surface area contributed by atoms with E-state index in [4.69, 9.17) is 9.90 Å². The molecule has 0 aliphatic heterocycles. The van der Waals surface area contributed by atoms with Crippen LogP contribution in [0.1, 0.15) is 31.2 Å². The van der Waals surface area contributed by atoms with E-state index in [2.05, 4.69) is 76.2 Å². The molecule has 3 N–H and O–H groups in total. The number of rotatable bonds is 5. The molecule has 2 aliphatic rings. The van der Waals surface area contributed by atoms with Crippen molar-refractivity contribution in [1.29, 1.82) is 0 Å². The third kappa shape index (κ3) is 6.48. The average molecular weight is 482 g/mol. The lowest BCUT2D eigenvalue weighted by molar-refractivity contribution is -0.192. The quantitative estimate of drug-likeness (QED) is 0.401. The van der Waals surface area contributed by atoms with E-state index >= 15 is 0 Å². The second-order valence-electron chi connectivity index (χ2n) is 8.61. The maximum atomic E-state index is 10.6. The Morgan fingerprint density at radius 1 is 1.06 bits per heavy atom. The fraction of sp³-hybridized carbons (Fsp3) is 0.259. The number of aromatic nitrogens is 2. The minimum Gasteiger partial charge on any atom is -0.475 e. The third-order valence-electron chi connectivity index (χ3n) is 6.14. The first-order valence-corrected chi connectivity index (χ1v) is 11.4. The number of carbonyl (C=O) groups is 1. The molecule has 0 saturated heterocycles. The topological polar surface area (TPSA) is 78.0 Å². The highest BCUT2D eigenvalue weighted by molar-refractivity contribution is 5.73. The number of benzene rings is 2. The molecule has 182 valence electrons.